The van der Waals surface area contributed by atoms with E-state index in [9.17, 15) is 4.79 Å². The molecule has 1 aromatic carbocycles. The summed E-state index contributed by atoms with van der Waals surface area (Å²) in [6.45, 7) is 6.11. The van der Waals surface area contributed by atoms with Gasteiger partial charge < -0.3 is 4.90 Å². The van der Waals surface area contributed by atoms with E-state index in [1.54, 1.807) is 17.9 Å². The molecule has 1 aromatic rings. The van der Waals surface area contributed by atoms with Crippen molar-refractivity contribution in [2.24, 2.45) is 0 Å². The van der Waals surface area contributed by atoms with Gasteiger partial charge in [0, 0.05) is 25.4 Å². The summed E-state index contributed by atoms with van der Waals surface area (Å²) in [5, 5.41) is 0. The molecular formula is C16H19Cl4NO. The monoisotopic (exact) mass is 381 g/mol. The Balaban J connectivity index is 2.90. The normalized spacial score (nSPS) is 14.2. The predicted molar refractivity (Wildman–Crippen MR) is 96.1 cm³/mol. The molecule has 1 rings (SSSR count). The third kappa shape index (κ3) is 6.00. The van der Waals surface area contributed by atoms with Crippen LogP contribution < -0.4 is 0 Å². The van der Waals surface area contributed by atoms with Gasteiger partial charge in [-0.1, -0.05) is 59.6 Å². The van der Waals surface area contributed by atoms with Crippen LogP contribution in [-0.2, 0) is 11.3 Å². The number of benzene rings is 1. The van der Waals surface area contributed by atoms with Crippen LogP contribution in [0.5, 0.6) is 0 Å². The van der Waals surface area contributed by atoms with Crippen LogP contribution in [0.3, 0.4) is 0 Å². The first kappa shape index (κ1) is 19.6. The topological polar surface area (TPSA) is 20.3 Å². The van der Waals surface area contributed by atoms with Gasteiger partial charge in [0.05, 0.1) is 4.87 Å². The molecule has 0 radical (unpaired) electrons. The quantitative estimate of drug-likeness (QED) is 0.457. The van der Waals surface area contributed by atoms with Crippen LogP contribution in [0.15, 0.2) is 43.0 Å². The molecule has 0 aliphatic rings. The Morgan fingerprint density at radius 2 is 1.86 bits per heavy atom. The van der Waals surface area contributed by atoms with Gasteiger partial charge in [-0.05, 0) is 12.5 Å². The van der Waals surface area contributed by atoms with Crippen LogP contribution in [0.1, 0.15) is 18.9 Å². The van der Waals surface area contributed by atoms with E-state index in [1.807, 2.05) is 30.3 Å². The third-order valence-electron chi connectivity index (χ3n) is 3.04. The molecule has 2 nitrogen and oxygen atoms in total. The van der Waals surface area contributed by atoms with Crippen molar-refractivity contribution < 1.29 is 4.79 Å². The SMILES string of the molecule is C=CCN(Cc1ccccc1)C(=O)C(Cl)(Cl)CC(C)(Cl)CCl. The van der Waals surface area contributed by atoms with E-state index in [0.29, 0.717) is 13.1 Å². The maximum absolute atomic E-state index is 12.7. The lowest BCUT2D eigenvalue weighted by Crippen LogP contribution is -2.45. The van der Waals surface area contributed by atoms with Crippen LogP contribution >= 0.6 is 46.4 Å². The zero-order valence-electron chi connectivity index (χ0n) is 12.4. The number of carbonyl (C=O) groups is 1. The first-order valence-electron chi connectivity index (χ1n) is 6.79. The summed E-state index contributed by atoms with van der Waals surface area (Å²) >= 11 is 24.5. The molecule has 0 spiro atoms. The molecule has 22 heavy (non-hydrogen) atoms. The average Bonchev–Trinajstić information content (AvgIpc) is 2.46. The van der Waals surface area contributed by atoms with Crippen molar-refractivity contribution >= 4 is 52.3 Å². The van der Waals surface area contributed by atoms with E-state index in [4.69, 9.17) is 46.4 Å². The molecule has 0 aromatic heterocycles. The van der Waals surface area contributed by atoms with E-state index in [1.165, 1.54) is 0 Å². The van der Waals surface area contributed by atoms with Crippen LogP contribution in [-0.4, -0.2) is 32.4 Å². The number of hydrogen-bond acceptors (Lipinski definition) is 1. The van der Waals surface area contributed by atoms with Crippen LogP contribution in [0.25, 0.3) is 0 Å². The van der Waals surface area contributed by atoms with Crippen molar-refractivity contribution in [3.63, 3.8) is 0 Å². The van der Waals surface area contributed by atoms with Crippen molar-refractivity contribution in [3.05, 3.63) is 48.6 Å². The number of halogens is 4. The molecule has 0 bridgehead atoms. The van der Waals surface area contributed by atoms with Gasteiger partial charge in [0.2, 0.25) is 0 Å². The number of nitrogens with zero attached hydrogens (tertiary/aromatic N) is 1. The molecule has 0 heterocycles. The highest BCUT2D eigenvalue weighted by molar-refractivity contribution is 6.58. The van der Waals surface area contributed by atoms with Gasteiger partial charge in [-0.25, -0.2) is 0 Å². The predicted octanol–water partition coefficient (Wildman–Crippen LogP) is 5.00. The Hall–Kier alpha value is -0.410. The molecule has 0 fully saturated rings. The highest BCUT2D eigenvalue weighted by atomic mass is 35.5. The maximum atomic E-state index is 12.7. The number of amides is 1. The summed E-state index contributed by atoms with van der Waals surface area (Å²) in [4.78, 5) is 13.4. The van der Waals surface area contributed by atoms with Gasteiger partial charge in [0.1, 0.15) is 0 Å². The van der Waals surface area contributed by atoms with Crippen LogP contribution in [0.2, 0.25) is 0 Å². The standard InChI is InChI=1S/C16H19Cl4NO/c1-3-9-21(10-13-7-5-4-6-8-13)14(22)16(19,20)11-15(2,18)12-17/h3-8H,1,9-12H2,2H3. The van der Waals surface area contributed by atoms with Gasteiger partial charge in [0.25, 0.3) is 5.91 Å². The van der Waals surface area contributed by atoms with Crippen LogP contribution in [0.4, 0.5) is 0 Å². The second-order valence-corrected chi connectivity index (χ2v) is 8.05. The lowest BCUT2D eigenvalue weighted by molar-refractivity contribution is -0.132. The third-order valence-corrected chi connectivity index (χ3v) is 4.62. The summed E-state index contributed by atoms with van der Waals surface area (Å²) < 4.78 is -1.64. The lowest BCUT2D eigenvalue weighted by Gasteiger charge is -2.32. The molecule has 0 N–H and O–H groups in total. The van der Waals surface area contributed by atoms with Gasteiger partial charge >= 0.3 is 0 Å². The summed E-state index contributed by atoms with van der Waals surface area (Å²) in [5.41, 5.74) is 0.979. The lowest BCUT2D eigenvalue weighted by atomic mass is 10.0. The number of alkyl halides is 4. The fourth-order valence-corrected chi connectivity index (χ4v) is 3.26. The minimum Gasteiger partial charge on any atom is -0.332 e. The van der Waals surface area contributed by atoms with Gasteiger partial charge in [-0.15, -0.1) is 29.8 Å². The Labute approximate surface area is 152 Å². The summed E-state index contributed by atoms with van der Waals surface area (Å²) in [6.07, 6.45) is 1.68. The molecule has 122 valence electrons. The Morgan fingerprint density at radius 3 is 2.36 bits per heavy atom. The molecule has 1 unspecified atom stereocenters. The van der Waals surface area contributed by atoms with Crippen molar-refractivity contribution in [2.75, 3.05) is 12.4 Å². The zero-order chi connectivity index (χ0) is 16.8. The fraction of sp³-hybridized carbons (Fsp3) is 0.438. The highest BCUT2D eigenvalue weighted by Gasteiger charge is 2.42. The second-order valence-electron chi connectivity index (χ2n) is 5.39. The van der Waals surface area contributed by atoms with Gasteiger partial charge in [-0.2, -0.15) is 0 Å². The van der Waals surface area contributed by atoms with Gasteiger partial charge in [-0.3, -0.25) is 4.79 Å². The Bertz CT molecular complexity index is 502. The first-order valence-corrected chi connectivity index (χ1v) is 8.45. The number of carbonyl (C=O) groups excluding carboxylic acids is 1. The molecular weight excluding hydrogens is 364 g/mol. The summed E-state index contributed by atoms with van der Waals surface area (Å²) in [6, 6.07) is 9.58. The number of hydrogen-bond donors (Lipinski definition) is 0. The first-order chi connectivity index (χ1) is 10.2. The average molecular weight is 383 g/mol. The van der Waals surface area contributed by atoms with Crippen molar-refractivity contribution in [1.82, 2.24) is 4.90 Å². The minimum absolute atomic E-state index is 0.0510. The smallest absolute Gasteiger partial charge is 0.259 e. The van der Waals surface area contributed by atoms with E-state index in [2.05, 4.69) is 6.58 Å². The van der Waals surface area contributed by atoms with Crippen molar-refractivity contribution in [3.8, 4) is 0 Å². The minimum atomic E-state index is -1.64. The summed E-state index contributed by atoms with van der Waals surface area (Å²) in [7, 11) is 0. The van der Waals surface area contributed by atoms with Gasteiger partial charge in [0.15, 0.2) is 4.33 Å². The molecule has 0 aliphatic heterocycles. The number of rotatable bonds is 8. The van der Waals surface area contributed by atoms with Crippen molar-refractivity contribution in [1.29, 1.82) is 0 Å². The van der Waals surface area contributed by atoms with E-state index in [0.717, 1.165) is 5.56 Å². The van der Waals surface area contributed by atoms with E-state index < -0.39 is 15.1 Å². The zero-order valence-corrected chi connectivity index (χ0v) is 15.4. The fourth-order valence-electron chi connectivity index (χ4n) is 2.00. The largest absolute Gasteiger partial charge is 0.332 e. The Morgan fingerprint density at radius 1 is 1.27 bits per heavy atom. The molecule has 1 atom stereocenters. The maximum Gasteiger partial charge on any atom is 0.259 e. The molecule has 0 saturated heterocycles. The van der Waals surface area contributed by atoms with Crippen molar-refractivity contribution in [2.45, 2.75) is 29.1 Å². The molecule has 1 amide bonds. The van der Waals surface area contributed by atoms with E-state index >= 15 is 0 Å². The molecule has 0 aliphatic carbocycles. The highest BCUT2D eigenvalue weighted by Crippen LogP contribution is 2.37. The second kappa shape index (κ2) is 8.44. The molecule has 6 heteroatoms. The van der Waals surface area contributed by atoms with Crippen LogP contribution in [0, 0.1) is 0 Å². The Kier molecular flexibility index (Phi) is 7.54. The summed E-state index contributed by atoms with van der Waals surface area (Å²) in [5.74, 6) is -0.264. The van der Waals surface area contributed by atoms with E-state index in [-0.39, 0.29) is 12.3 Å². The molecule has 0 saturated carbocycles.